The molecular formula is C33H55N7O5. The van der Waals surface area contributed by atoms with Crippen LogP contribution in [-0.4, -0.2) is 151 Å². The molecule has 2 saturated heterocycles. The van der Waals surface area contributed by atoms with E-state index in [1.807, 2.05) is 30.3 Å². The fourth-order valence-corrected chi connectivity index (χ4v) is 6.06. The highest BCUT2D eigenvalue weighted by Gasteiger charge is 2.28. The number of hydrogen-bond donors (Lipinski definition) is 1. The van der Waals surface area contributed by atoms with Gasteiger partial charge in [0.15, 0.2) is 0 Å². The Morgan fingerprint density at radius 2 is 1.47 bits per heavy atom. The topological polar surface area (TPSA) is 123 Å². The van der Waals surface area contributed by atoms with Gasteiger partial charge in [0.25, 0.3) is 0 Å². The molecule has 0 saturated carbocycles. The standard InChI is InChI=1S/C33H55N7O5/c1-4-36(5-2)20-23-40(33(44)45-27-28-12-7-6-8-13-28)26-32(43)39(22-21-37-17-9-10-18-37)25-31(42)38(24-30(34)41)19-15-29-14-11-16-35(29)3/h6-8,12-13,29H,4-5,9-11,14-27H2,1-3H3,(H2,34,41). The summed E-state index contributed by atoms with van der Waals surface area (Å²) in [5.74, 6) is -1.22. The highest BCUT2D eigenvalue weighted by molar-refractivity contribution is 5.89. The summed E-state index contributed by atoms with van der Waals surface area (Å²) in [6.45, 7) is 10.5. The van der Waals surface area contributed by atoms with Crippen LogP contribution in [0.5, 0.6) is 0 Å². The van der Waals surface area contributed by atoms with Crippen LogP contribution in [0.1, 0.15) is 51.5 Å². The molecule has 0 bridgehead atoms. The number of ether oxygens (including phenoxy) is 1. The fourth-order valence-electron chi connectivity index (χ4n) is 6.06. The number of likely N-dealkylation sites (N-methyl/N-ethyl adjacent to an activating group) is 1. The zero-order valence-corrected chi connectivity index (χ0v) is 27.7. The van der Waals surface area contributed by atoms with Gasteiger partial charge in [-0.3, -0.25) is 19.3 Å². The summed E-state index contributed by atoms with van der Waals surface area (Å²) in [5, 5.41) is 0. The van der Waals surface area contributed by atoms with Crippen LogP contribution in [0.25, 0.3) is 0 Å². The van der Waals surface area contributed by atoms with Crippen molar-refractivity contribution in [3.8, 4) is 0 Å². The van der Waals surface area contributed by atoms with E-state index >= 15 is 0 Å². The summed E-state index contributed by atoms with van der Waals surface area (Å²) in [6.07, 6.45) is 4.56. The summed E-state index contributed by atoms with van der Waals surface area (Å²) in [5.41, 5.74) is 6.39. The Kier molecular flexibility index (Phi) is 15.6. The molecule has 2 heterocycles. The van der Waals surface area contributed by atoms with Crippen LogP contribution in [0.4, 0.5) is 4.79 Å². The van der Waals surface area contributed by atoms with Crippen molar-refractivity contribution in [3.63, 3.8) is 0 Å². The van der Waals surface area contributed by atoms with Crippen LogP contribution >= 0.6 is 0 Å². The van der Waals surface area contributed by atoms with E-state index in [9.17, 15) is 19.2 Å². The molecule has 0 spiro atoms. The largest absolute Gasteiger partial charge is 0.445 e. The molecule has 0 aliphatic carbocycles. The summed E-state index contributed by atoms with van der Waals surface area (Å²) in [6, 6.07) is 9.78. The van der Waals surface area contributed by atoms with Crippen LogP contribution in [0.3, 0.4) is 0 Å². The summed E-state index contributed by atoms with van der Waals surface area (Å²) < 4.78 is 5.62. The third kappa shape index (κ3) is 12.6. The molecule has 0 aromatic heterocycles. The number of amides is 4. The lowest BCUT2D eigenvalue weighted by Gasteiger charge is -2.31. The van der Waals surface area contributed by atoms with Crippen LogP contribution in [0.15, 0.2) is 30.3 Å². The molecule has 2 aliphatic heterocycles. The van der Waals surface area contributed by atoms with Crippen molar-refractivity contribution in [1.82, 2.24) is 29.4 Å². The van der Waals surface area contributed by atoms with Gasteiger partial charge >= 0.3 is 6.09 Å². The van der Waals surface area contributed by atoms with Gasteiger partial charge in [0.2, 0.25) is 17.7 Å². The van der Waals surface area contributed by atoms with E-state index in [0.717, 1.165) is 70.4 Å². The Labute approximate surface area is 269 Å². The summed E-state index contributed by atoms with van der Waals surface area (Å²) >= 11 is 0. The predicted molar refractivity (Wildman–Crippen MR) is 174 cm³/mol. The second-order valence-electron chi connectivity index (χ2n) is 12.2. The van der Waals surface area contributed by atoms with Crippen molar-refractivity contribution >= 4 is 23.8 Å². The van der Waals surface area contributed by atoms with Crippen molar-refractivity contribution < 1.29 is 23.9 Å². The average molecular weight is 630 g/mol. The molecule has 2 N–H and O–H groups in total. The number of rotatable bonds is 19. The lowest BCUT2D eigenvalue weighted by molar-refractivity contribution is -0.142. The Bertz CT molecular complexity index is 1060. The van der Waals surface area contributed by atoms with Crippen LogP contribution in [-0.2, 0) is 25.7 Å². The second-order valence-corrected chi connectivity index (χ2v) is 12.2. The van der Waals surface area contributed by atoms with Gasteiger partial charge < -0.3 is 35.0 Å². The van der Waals surface area contributed by atoms with Crippen LogP contribution in [0.2, 0.25) is 0 Å². The molecule has 12 nitrogen and oxygen atoms in total. The molecule has 45 heavy (non-hydrogen) atoms. The van der Waals surface area contributed by atoms with Gasteiger partial charge in [-0.25, -0.2) is 4.79 Å². The molecule has 2 aliphatic rings. The SMILES string of the molecule is CCN(CC)CCN(CC(=O)N(CCN1CCCC1)CC(=O)N(CCC1CCCN1C)CC(N)=O)C(=O)OCc1ccccc1. The zero-order valence-electron chi connectivity index (χ0n) is 27.7. The van der Waals surface area contributed by atoms with Gasteiger partial charge in [0.05, 0.1) is 13.1 Å². The third-order valence-corrected chi connectivity index (χ3v) is 9.04. The summed E-state index contributed by atoms with van der Waals surface area (Å²) in [7, 11) is 2.08. The number of nitrogens with two attached hydrogens (primary N) is 1. The Hall–Kier alpha value is -3.22. The molecular weight excluding hydrogens is 574 g/mol. The predicted octanol–water partition coefficient (Wildman–Crippen LogP) is 1.69. The minimum Gasteiger partial charge on any atom is -0.445 e. The number of benzene rings is 1. The van der Waals surface area contributed by atoms with E-state index in [2.05, 4.69) is 35.6 Å². The van der Waals surface area contributed by atoms with Gasteiger partial charge in [0, 0.05) is 38.8 Å². The molecule has 1 unspecified atom stereocenters. The Morgan fingerprint density at radius 1 is 0.822 bits per heavy atom. The number of carbonyl (C=O) groups excluding carboxylic acids is 4. The first kappa shape index (κ1) is 36.3. The van der Waals surface area contributed by atoms with Crippen molar-refractivity contribution in [2.75, 3.05) is 92.1 Å². The highest BCUT2D eigenvalue weighted by Crippen LogP contribution is 2.18. The highest BCUT2D eigenvalue weighted by atomic mass is 16.6. The first-order chi connectivity index (χ1) is 21.7. The fraction of sp³-hybridized carbons (Fsp3) is 0.697. The van der Waals surface area contributed by atoms with E-state index in [4.69, 9.17) is 10.5 Å². The van der Waals surface area contributed by atoms with Gasteiger partial charge in [-0.2, -0.15) is 0 Å². The maximum atomic E-state index is 13.9. The Balaban J connectivity index is 1.72. The van der Waals surface area contributed by atoms with Crippen LogP contribution in [0, 0.1) is 0 Å². The summed E-state index contributed by atoms with van der Waals surface area (Å²) in [4.78, 5) is 63.9. The first-order valence-electron chi connectivity index (χ1n) is 16.6. The van der Waals surface area contributed by atoms with Crippen molar-refractivity contribution in [2.45, 2.75) is 58.6 Å². The van der Waals surface area contributed by atoms with E-state index < -0.39 is 12.0 Å². The molecule has 4 amide bonds. The molecule has 1 aromatic rings. The monoisotopic (exact) mass is 629 g/mol. The van der Waals surface area contributed by atoms with Crippen molar-refractivity contribution in [2.24, 2.45) is 5.73 Å². The van der Waals surface area contributed by atoms with Gasteiger partial charge in [-0.05, 0) is 77.4 Å². The molecule has 0 radical (unpaired) electrons. The number of hydrogen-bond acceptors (Lipinski definition) is 8. The molecule has 252 valence electrons. The van der Waals surface area contributed by atoms with E-state index in [1.54, 1.807) is 0 Å². The van der Waals surface area contributed by atoms with E-state index in [0.29, 0.717) is 38.8 Å². The molecule has 2 fully saturated rings. The minimum absolute atomic E-state index is 0.102. The second kappa shape index (κ2) is 19.3. The number of carbonyl (C=O) groups is 4. The van der Waals surface area contributed by atoms with Gasteiger partial charge in [0.1, 0.15) is 13.2 Å². The number of primary amides is 1. The molecule has 3 rings (SSSR count). The molecule has 1 aromatic carbocycles. The van der Waals surface area contributed by atoms with E-state index in [1.165, 1.54) is 14.7 Å². The third-order valence-electron chi connectivity index (χ3n) is 9.04. The van der Waals surface area contributed by atoms with Gasteiger partial charge in [-0.1, -0.05) is 44.2 Å². The van der Waals surface area contributed by atoms with Crippen molar-refractivity contribution in [1.29, 1.82) is 0 Å². The number of nitrogens with zero attached hydrogens (tertiary/aromatic N) is 6. The quantitative estimate of drug-likeness (QED) is 0.245. The number of likely N-dealkylation sites (tertiary alicyclic amines) is 2. The van der Waals surface area contributed by atoms with Crippen molar-refractivity contribution in [3.05, 3.63) is 35.9 Å². The maximum absolute atomic E-state index is 13.9. The van der Waals surface area contributed by atoms with Crippen LogP contribution < -0.4 is 5.73 Å². The average Bonchev–Trinajstić information content (AvgIpc) is 3.71. The lowest BCUT2D eigenvalue weighted by atomic mass is 10.1. The molecule has 12 heteroatoms. The molecule has 1 atom stereocenters. The Morgan fingerprint density at radius 3 is 2.07 bits per heavy atom. The minimum atomic E-state index is -0.582. The van der Waals surface area contributed by atoms with Gasteiger partial charge in [-0.15, -0.1) is 0 Å². The lowest BCUT2D eigenvalue weighted by Crippen LogP contribution is -2.51. The maximum Gasteiger partial charge on any atom is 0.410 e. The van der Waals surface area contributed by atoms with E-state index in [-0.39, 0.29) is 38.1 Å². The zero-order chi connectivity index (χ0) is 32.6. The smallest absolute Gasteiger partial charge is 0.410 e. The normalized spacial score (nSPS) is 17.0. The first-order valence-corrected chi connectivity index (χ1v) is 16.6.